The normalized spacial score (nSPS) is 35.3. The molecule has 3 unspecified atom stereocenters. The summed E-state index contributed by atoms with van der Waals surface area (Å²) in [5.74, 6) is 0.428. The zero-order valence-electron chi connectivity index (χ0n) is 11.1. The molecule has 3 atom stereocenters. The van der Waals surface area contributed by atoms with Crippen molar-refractivity contribution in [3.05, 3.63) is 0 Å². The summed E-state index contributed by atoms with van der Waals surface area (Å²) < 4.78 is 23.0. The lowest BCUT2D eigenvalue weighted by Crippen LogP contribution is -2.43. The summed E-state index contributed by atoms with van der Waals surface area (Å²) in [6.07, 6.45) is 3.47. The SMILES string of the molecule is CCCCC1NC(C)N(C2CCS(=O)(=O)C2)C1=O. The van der Waals surface area contributed by atoms with E-state index in [2.05, 4.69) is 12.2 Å². The molecule has 104 valence electrons. The summed E-state index contributed by atoms with van der Waals surface area (Å²) >= 11 is 0. The standard InChI is InChI=1S/C12H22N2O3S/c1-3-4-5-11-12(15)14(9(2)13-11)10-6-7-18(16,17)8-10/h9-11,13H,3-8H2,1-2H3. The van der Waals surface area contributed by atoms with Crippen molar-refractivity contribution in [1.29, 1.82) is 0 Å². The first-order valence-electron chi connectivity index (χ1n) is 6.73. The molecule has 2 heterocycles. The molecule has 1 N–H and O–H groups in total. The quantitative estimate of drug-likeness (QED) is 0.811. The van der Waals surface area contributed by atoms with Gasteiger partial charge in [-0.15, -0.1) is 0 Å². The molecule has 5 nitrogen and oxygen atoms in total. The van der Waals surface area contributed by atoms with Crippen molar-refractivity contribution in [3.8, 4) is 0 Å². The summed E-state index contributed by atoms with van der Waals surface area (Å²) in [5, 5.41) is 3.27. The van der Waals surface area contributed by atoms with Gasteiger partial charge in [-0.3, -0.25) is 10.1 Å². The molecule has 2 aliphatic rings. The summed E-state index contributed by atoms with van der Waals surface area (Å²) in [6.45, 7) is 4.04. The fourth-order valence-electron chi connectivity index (χ4n) is 2.92. The van der Waals surface area contributed by atoms with Crippen molar-refractivity contribution < 1.29 is 13.2 Å². The van der Waals surface area contributed by atoms with E-state index in [1.165, 1.54) is 0 Å². The first kappa shape index (κ1) is 13.8. The molecule has 0 aromatic rings. The molecule has 2 aliphatic heterocycles. The number of nitrogens with one attached hydrogen (secondary N) is 1. The lowest BCUT2D eigenvalue weighted by molar-refractivity contribution is -0.131. The van der Waals surface area contributed by atoms with Crippen LogP contribution in [0.15, 0.2) is 0 Å². The molecule has 0 aromatic heterocycles. The minimum Gasteiger partial charge on any atom is -0.322 e. The molecule has 18 heavy (non-hydrogen) atoms. The fraction of sp³-hybridized carbons (Fsp3) is 0.917. The van der Waals surface area contributed by atoms with Crippen LogP contribution >= 0.6 is 0 Å². The number of carbonyl (C=O) groups is 1. The van der Waals surface area contributed by atoms with Crippen LogP contribution in [0.4, 0.5) is 0 Å². The minimum atomic E-state index is -2.94. The smallest absolute Gasteiger partial charge is 0.241 e. The van der Waals surface area contributed by atoms with E-state index in [4.69, 9.17) is 0 Å². The Bertz CT molecular complexity index is 421. The van der Waals surface area contributed by atoms with E-state index in [1.54, 1.807) is 4.90 Å². The lowest BCUT2D eigenvalue weighted by Gasteiger charge is -2.26. The highest BCUT2D eigenvalue weighted by Gasteiger charge is 2.43. The maximum atomic E-state index is 12.3. The Kier molecular flexibility index (Phi) is 3.96. The Morgan fingerprint density at radius 1 is 1.44 bits per heavy atom. The first-order chi connectivity index (χ1) is 8.44. The zero-order chi connectivity index (χ0) is 13.3. The van der Waals surface area contributed by atoms with Gasteiger partial charge in [0.05, 0.1) is 23.7 Å². The van der Waals surface area contributed by atoms with Crippen LogP contribution in [0, 0.1) is 0 Å². The van der Waals surface area contributed by atoms with Gasteiger partial charge >= 0.3 is 0 Å². The Morgan fingerprint density at radius 2 is 2.17 bits per heavy atom. The maximum absolute atomic E-state index is 12.3. The van der Waals surface area contributed by atoms with E-state index in [0.29, 0.717) is 6.42 Å². The van der Waals surface area contributed by atoms with Crippen molar-refractivity contribution >= 4 is 15.7 Å². The molecule has 2 rings (SSSR count). The highest BCUT2D eigenvalue weighted by molar-refractivity contribution is 7.91. The van der Waals surface area contributed by atoms with Gasteiger partial charge in [-0.25, -0.2) is 8.42 Å². The van der Waals surface area contributed by atoms with Crippen molar-refractivity contribution in [1.82, 2.24) is 10.2 Å². The van der Waals surface area contributed by atoms with Crippen molar-refractivity contribution in [2.45, 2.75) is 57.8 Å². The van der Waals surface area contributed by atoms with Crippen LogP contribution in [0.1, 0.15) is 39.5 Å². The van der Waals surface area contributed by atoms with Gasteiger partial charge in [-0.1, -0.05) is 19.8 Å². The molecule has 0 aliphatic carbocycles. The largest absolute Gasteiger partial charge is 0.322 e. The van der Waals surface area contributed by atoms with Gasteiger partial charge in [0, 0.05) is 6.04 Å². The molecule has 6 heteroatoms. The van der Waals surface area contributed by atoms with Crippen LogP contribution in [0.2, 0.25) is 0 Å². The Labute approximate surface area is 109 Å². The molecule has 2 saturated heterocycles. The summed E-state index contributed by atoms with van der Waals surface area (Å²) in [6, 6.07) is -0.250. The second kappa shape index (κ2) is 5.17. The van der Waals surface area contributed by atoms with Crippen LogP contribution in [-0.4, -0.2) is 49.0 Å². The molecule has 0 aromatic carbocycles. The first-order valence-corrected chi connectivity index (χ1v) is 8.55. The Morgan fingerprint density at radius 3 is 2.72 bits per heavy atom. The van der Waals surface area contributed by atoms with E-state index in [0.717, 1.165) is 19.3 Å². The van der Waals surface area contributed by atoms with E-state index in [9.17, 15) is 13.2 Å². The fourth-order valence-corrected chi connectivity index (χ4v) is 4.63. The third-order valence-electron chi connectivity index (χ3n) is 3.86. The van der Waals surface area contributed by atoms with Gasteiger partial charge in [0.2, 0.25) is 5.91 Å². The highest BCUT2D eigenvalue weighted by atomic mass is 32.2. The van der Waals surface area contributed by atoms with Gasteiger partial charge in [-0.2, -0.15) is 0 Å². The molecule has 0 radical (unpaired) electrons. The topological polar surface area (TPSA) is 66.5 Å². The number of rotatable bonds is 4. The van der Waals surface area contributed by atoms with Crippen LogP contribution in [0.5, 0.6) is 0 Å². The number of hydrogen-bond donors (Lipinski definition) is 1. The average Bonchev–Trinajstić information content (AvgIpc) is 2.77. The zero-order valence-corrected chi connectivity index (χ0v) is 11.9. The number of unbranched alkanes of at least 4 members (excludes halogenated alkanes) is 1. The van der Waals surface area contributed by atoms with Gasteiger partial charge in [0.15, 0.2) is 9.84 Å². The molecule has 0 saturated carbocycles. The van der Waals surface area contributed by atoms with Gasteiger partial charge in [0.1, 0.15) is 0 Å². The predicted molar refractivity (Wildman–Crippen MR) is 69.8 cm³/mol. The second-order valence-electron chi connectivity index (χ2n) is 5.34. The maximum Gasteiger partial charge on any atom is 0.241 e. The van der Waals surface area contributed by atoms with E-state index in [1.807, 2.05) is 6.92 Å². The minimum absolute atomic E-state index is 0.0438. The van der Waals surface area contributed by atoms with Gasteiger partial charge in [0.25, 0.3) is 0 Å². The van der Waals surface area contributed by atoms with Gasteiger partial charge < -0.3 is 4.90 Å². The predicted octanol–water partition coefficient (Wildman–Crippen LogP) is 0.510. The van der Waals surface area contributed by atoms with Crippen molar-refractivity contribution in [3.63, 3.8) is 0 Å². The van der Waals surface area contributed by atoms with E-state index < -0.39 is 9.84 Å². The van der Waals surface area contributed by atoms with Crippen LogP contribution < -0.4 is 5.32 Å². The van der Waals surface area contributed by atoms with E-state index in [-0.39, 0.29) is 35.7 Å². The molecule has 2 fully saturated rings. The summed E-state index contributed by atoms with van der Waals surface area (Å²) in [4.78, 5) is 14.0. The van der Waals surface area contributed by atoms with Crippen LogP contribution in [0.25, 0.3) is 0 Å². The summed E-state index contributed by atoms with van der Waals surface area (Å²) in [7, 11) is -2.94. The number of carbonyl (C=O) groups excluding carboxylic acids is 1. The average molecular weight is 274 g/mol. The van der Waals surface area contributed by atoms with Crippen LogP contribution in [-0.2, 0) is 14.6 Å². The molecular formula is C12H22N2O3S. The Hall–Kier alpha value is -0.620. The monoisotopic (exact) mass is 274 g/mol. The third kappa shape index (κ3) is 2.69. The lowest BCUT2D eigenvalue weighted by atomic mass is 10.1. The number of hydrogen-bond acceptors (Lipinski definition) is 4. The van der Waals surface area contributed by atoms with Gasteiger partial charge in [-0.05, 0) is 19.8 Å². The van der Waals surface area contributed by atoms with E-state index >= 15 is 0 Å². The molecule has 0 spiro atoms. The molecular weight excluding hydrogens is 252 g/mol. The number of nitrogens with zero attached hydrogens (tertiary/aromatic N) is 1. The molecule has 0 bridgehead atoms. The van der Waals surface area contributed by atoms with Crippen LogP contribution in [0.3, 0.4) is 0 Å². The number of amides is 1. The Balaban J connectivity index is 2.03. The highest BCUT2D eigenvalue weighted by Crippen LogP contribution is 2.24. The third-order valence-corrected chi connectivity index (χ3v) is 5.61. The number of sulfone groups is 1. The van der Waals surface area contributed by atoms with Crippen molar-refractivity contribution in [2.75, 3.05) is 11.5 Å². The summed E-state index contributed by atoms with van der Waals surface area (Å²) in [5.41, 5.74) is 0. The second-order valence-corrected chi connectivity index (χ2v) is 7.57. The van der Waals surface area contributed by atoms with Crippen molar-refractivity contribution in [2.24, 2.45) is 0 Å². The molecule has 1 amide bonds.